The second kappa shape index (κ2) is 8.34. The summed E-state index contributed by atoms with van der Waals surface area (Å²) >= 11 is 0. The summed E-state index contributed by atoms with van der Waals surface area (Å²) in [5, 5.41) is 0. The fourth-order valence-corrected chi connectivity index (χ4v) is 5.14. The molecule has 0 saturated carbocycles. The van der Waals surface area contributed by atoms with E-state index in [1.165, 1.54) is 0 Å². The van der Waals surface area contributed by atoms with Gasteiger partial charge in [-0.15, -0.1) is 0 Å². The summed E-state index contributed by atoms with van der Waals surface area (Å²) in [6.45, 7) is 4.01. The maximum atomic E-state index is 12.7. The van der Waals surface area contributed by atoms with E-state index >= 15 is 0 Å². The Morgan fingerprint density at radius 2 is 2.04 bits per heavy atom. The minimum atomic E-state index is -3.11. The molecule has 0 radical (unpaired) electrons. The molecule has 0 aromatic heterocycles. The zero-order chi connectivity index (χ0) is 20.3. The summed E-state index contributed by atoms with van der Waals surface area (Å²) in [4.78, 5) is 26.6. The molecule has 0 aliphatic carbocycles. The molecule has 1 aromatic carbocycles. The highest BCUT2D eigenvalue weighted by Gasteiger charge is 2.35. The molecule has 7 nitrogen and oxygen atoms in total. The van der Waals surface area contributed by atoms with Crippen molar-refractivity contribution in [1.82, 2.24) is 4.90 Å². The van der Waals surface area contributed by atoms with E-state index in [0.717, 1.165) is 5.56 Å². The third kappa shape index (κ3) is 4.92. The first kappa shape index (κ1) is 20.4. The van der Waals surface area contributed by atoms with Gasteiger partial charge in [0.25, 0.3) is 5.91 Å². The van der Waals surface area contributed by atoms with E-state index in [4.69, 9.17) is 9.47 Å². The van der Waals surface area contributed by atoms with Crippen molar-refractivity contribution in [2.75, 3.05) is 31.3 Å². The van der Waals surface area contributed by atoms with E-state index in [0.29, 0.717) is 24.3 Å². The summed E-state index contributed by atoms with van der Waals surface area (Å²) in [5.41, 5.74) is 1.12. The van der Waals surface area contributed by atoms with Gasteiger partial charge in [-0.2, -0.15) is 0 Å². The number of benzene rings is 1. The summed E-state index contributed by atoms with van der Waals surface area (Å²) in [6.07, 6.45) is 2.12. The van der Waals surface area contributed by atoms with Gasteiger partial charge in [-0.05, 0) is 24.5 Å². The number of carbonyl (C=O) groups is 2. The van der Waals surface area contributed by atoms with Crippen molar-refractivity contribution in [1.29, 1.82) is 0 Å². The molecule has 152 valence electrons. The van der Waals surface area contributed by atoms with Crippen LogP contribution in [0.25, 0.3) is 6.08 Å². The number of sulfone groups is 1. The molecule has 2 aliphatic rings. The van der Waals surface area contributed by atoms with Crippen LogP contribution in [0.4, 0.5) is 0 Å². The second-order valence-corrected chi connectivity index (χ2v) is 9.80. The van der Waals surface area contributed by atoms with Crippen molar-refractivity contribution in [3.05, 3.63) is 35.4 Å². The number of fused-ring (bicyclic) bond motifs is 1. The summed E-state index contributed by atoms with van der Waals surface area (Å²) < 4.78 is 34.3. The fourth-order valence-electron chi connectivity index (χ4n) is 3.41. The Balaban J connectivity index is 1.63. The van der Waals surface area contributed by atoms with Crippen molar-refractivity contribution < 1.29 is 27.5 Å². The van der Waals surface area contributed by atoms with Crippen LogP contribution in [-0.2, 0) is 24.2 Å². The highest BCUT2D eigenvalue weighted by Crippen LogP contribution is 2.26. The SMILES string of the molecule is CC(C)CN(C(=O)COC(=O)C1=Cc2ccccc2OC1)[C@@H]1CCS(=O)(=O)C1. The van der Waals surface area contributed by atoms with Gasteiger partial charge in [-0.1, -0.05) is 32.0 Å². The Hall–Kier alpha value is -2.35. The second-order valence-electron chi connectivity index (χ2n) is 7.57. The molecule has 1 atom stereocenters. The highest BCUT2D eigenvalue weighted by molar-refractivity contribution is 7.91. The topological polar surface area (TPSA) is 90.0 Å². The number of hydrogen-bond donors (Lipinski definition) is 0. The first-order valence-electron chi connectivity index (χ1n) is 9.34. The number of rotatable bonds is 6. The molecule has 2 heterocycles. The molecule has 1 saturated heterocycles. The molecule has 1 aromatic rings. The number of carbonyl (C=O) groups excluding carboxylic acids is 2. The van der Waals surface area contributed by atoms with Crippen LogP contribution >= 0.6 is 0 Å². The Bertz CT molecular complexity index is 890. The van der Waals surface area contributed by atoms with Gasteiger partial charge in [0.05, 0.1) is 17.1 Å². The van der Waals surface area contributed by atoms with Gasteiger partial charge in [0.2, 0.25) is 0 Å². The molecular formula is C20H25NO6S. The lowest BCUT2D eigenvalue weighted by Gasteiger charge is -2.29. The summed E-state index contributed by atoms with van der Waals surface area (Å²) in [6, 6.07) is 6.98. The maximum absolute atomic E-state index is 12.7. The minimum Gasteiger partial charge on any atom is -0.488 e. The Morgan fingerprint density at radius 1 is 1.29 bits per heavy atom. The number of esters is 1. The maximum Gasteiger partial charge on any atom is 0.338 e. The zero-order valence-corrected chi connectivity index (χ0v) is 16.9. The van der Waals surface area contributed by atoms with Crippen LogP contribution in [0.2, 0.25) is 0 Å². The predicted octanol–water partition coefficient (Wildman–Crippen LogP) is 1.68. The number of ether oxygens (including phenoxy) is 2. The average molecular weight is 407 g/mol. The van der Waals surface area contributed by atoms with E-state index in [2.05, 4.69) is 0 Å². The Kier molecular flexibility index (Phi) is 6.07. The van der Waals surface area contributed by atoms with Crippen molar-refractivity contribution in [3.63, 3.8) is 0 Å². The van der Waals surface area contributed by atoms with Crippen LogP contribution < -0.4 is 4.74 Å². The summed E-state index contributed by atoms with van der Waals surface area (Å²) in [5.74, 6) is -0.0547. The minimum absolute atomic E-state index is 0.0326. The number of hydrogen-bond acceptors (Lipinski definition) is 6. The average Bonchev–Trinajstić information content (AvgIpc) is 3.02. The van der Waals surface area contributed by atoms with Crippen molar-refractivity contribution in [2.45, 2.75) is 26.3 Å². The molecule has 1 amide bonds. The van der Waals surface area contributed by atoms with Crippen molar-refractivity contribution in [3.8, 4) is 5.75 Å². The van der Waals surface area contributed by atoms with E-state index < -0.39 is 22.4 Å². The lowest BCUT2D eigenvalue weighted by molar-refractivity contribution is -0.150. The third-order valence-electron chi connectivity index (χ3n) is 4.75. The van der Waals surface area contributed by atoms with E-state index in [1.807, 2.05) is 38.1 Å². The lowest BCUT2D eigenvalue weighted by Crippen LogP contribution is -2.45. The smallest absolute Gasteiger partial charge is 0.338 e. The van der Waals surface area contributed by atoms with E-state index in [1.54, 1.807) is 11.0 Å². The van der Waals surface area contributed by atoms with Crippen LogP contribution in [0.3, 0.4) is 0 Å². The molecule has 0 bridgehead atoms. The van der Waals surface area contributed by atoms with Crippen LogP contribution in [0.5, 0.6) is 5.75 Å². The van der Waals surface area contributed by atoms with Crippen LogP contribution in [0, 0.1) is 5.92 Å². The monoisotopic (exact) mass is 407 g/mol. The molecule has 0 unspecified atom stereocenters. The van der Waals surface area contributed by atoms with Crippen LogP contribution in [0.15, 0.2) is 29.8 Å². The van der Waals surface area contributed by atoms with Gasteiger partial charge in [-0.25, -0.2) is 13.2 Å². The highest BCUT2D eigenvalue weighted by atomic mass is 32.2. The standard InChI is InChI=1S/C20H25NO6S/c1-14(2)10-21(17-7-8-28(24,25)13-17)19(22)12-27-20(23)16-9-15-5-3-4-6-18(15)26-11-16/h3-6,9,14,17H,7-8,10-13H2,1-2H3/t17-/m1/s1. The molecule has 8 heteroatoms. The lowest BCUT2D eigenvalue weighted by atomic mass is 10.1. The summed E-state index contributed by atoms with van der Waals surface area (Å²) in [7, 11) is -3.11. The molecule has 28 heavy (non-hydrogen) atoms. The van der Waals surface area contributed by atoms with Gasteiger partial charge in [0.15, 0.2) is 16.4 Å². The van der Waals surface area contributed by atoms with Crippen LogP contribution in [0.1, 0.15) is 25.8 Å². The van der Waals surface area contributed by atoms with Gasteiger partial charge in [-0.3, -0.25) is 4.79 Å². The first-order chi connectivity index (χ1) is 13.2. The molecule has 2 aliphatic heterocycles. The van der Waals surface area contributed by atoms with E-state index in [-0.39, 0.29) is 36.0 Å². The van der Waals surface area contributed by atoms with E-state index in [9.17, 15) is 18.0 Å². The molecule has 0 spiro atoms. The van der Waals surface area contributed by atoms with Crippen molar-refractivity contribution >= 4 is 27.8 Å². The number of amides is 1. The Labute approximate surface area is 165 Å². The molecule has 0 N–H and O–H groups in total. The third-order valence-corrected chi connectivity index (χ3v) is 6.50. The largest absolute Gasteiger partial charge is 0.488 e. The number of nitrogens with zero attached hydrogens (tertiary/aromatic N) is 1. The fraction of sp³-hybridized carbons (Fsp3) is 0.500. The molecule has 1 fully saturated rings. The van der Waals surface area contributed by atoms with Gasteiger partial charge >= 0.3 is 5.97 Å². The van der Waals surface area contributed by atoms with Crippen LogP contribution in [-0.4, -0.2) is 62.5 Å². The first-order valence-corrected chi connectivity index (χ1v) is 11.2. The zero-order valence-electron chi connectivity index (χ0n) is 16.1. The molecule has 3 rings (SSSR count). The molecular weight excluding hydrogens is 382 g/mol. The normalized spacial score (nSPS) is 20.1. The number of para-hydroxylation sites is 1. The van der Waals surface area contributed by atoms with Gasteiger partial charge in [0.1, 0.15) is 12.4 Å². The Morgan fingerprint density at radius 3 is 2.71 bits per heavy atom. The van der Waals surface area contributed by atoms with Gasteiger partial charge in [0, 0.05) is 18.2 Å². The quantitative estimate of drug-likeness (QED) is 0.667. The predicted molar refractivity (Wildman–Crippen MR) is 104 cm³/mol. The van der Waals surface area contributed by atoms with Gasteiger partial charge < -0.3 is 14.4 Å². The van der Waals surface area contributed by atoms with Crippen molar-refractivity contribution in [2.24, 2.45) is 5.92 Å².